The fourth-order valence-electron chi connectivity index (χ4n) is 1.29. The molecule has 0 unspecified atom stereocenters. The van der Waals surface area contributed by atoms with Crippen molar-refractivity contribution in [3.05, 3.63) is 12.2 Å². The van der Waals surface area contributed by atoms with Gasteiger partial charge >= 0.3 is 0 Å². The van der Waals surface area contributed by atoms with Crippen LogP contribution in [0.1, 0.15) is 20.8 Å². The third-order valence-corrected chi connectivity index (χ3v) is 2.31. The first-order valence-corrected chi connectivity index (χ1v) is 3.83. The van der Waals surface area contributed by atoms with Crippen molar-refractivity contribution in [3.8, 4) is 0 Å². The van der Waals surface area contributed by atoms with Gasteiger partial charge in [-0.1, -0.05) is 32.9 Å². The van der Waals surface area contributed by atoms with Crippen LogP contribution in [0.3, 0.4) is 0 Å². The molecule has 1 rings (SSSR count). The minimum atomic E-state index is 0.286. The van der Waals surface area contributed by atoms with Crippen LogP contribution < -0.4 is 0 Å². The number of hydrogen-bond acceptors (Lipinski definition) is 1. The molecule has 0 spiro atoms. The van der Waals surface area contributed by atoms with E-state index in [2.05, 4.69) is 27.4 Å². The van der Waals surface area contributed by atoms with Crippen molar-refractivity contribution in [2.75, 3.05) is 13.2 Å². The van der Waals surface area contributed by atoms with Gasteiger partial charge in [0.1, 0.15) is 0 Å². The molecule has 58 valence electrons. The zero-order valence-electron chi connectivity index (χ0n) is 7.11. The van der Waals surface area contributed by atoms with Crippen LogP contribution in [-0.4, -0.2) is 13.2 Å². The lowest BCUT2D eigenvalue weighted by atomic mass is 9.76. The van der Waals surface area contributed by atoms with Gasteiger partial charge in [-0.05, 0) is 5.92 Å². The summed E-state index contributed by atoms with van der Waals surface area (Å²) >= 11 is 0. The van der Waals surface area contributed by atoms with E-state index in [0.29, 0.717) is 5.92 Å². The minimum absolute atomic E-state index is 0.286. The van der Waals surface area contributed by atoms with E-state index in [1.807, 2.05) is 0 Å². The molecule has 0 N–H and O–H groups in total. The highest BCUT2D eigenvalue weighted by molar-refractivity contribution is 5.14. The second-order valence-corrected chi connectivity index (χ2v) is 3.73. The van der Waals surface area contributed by atoms with Crippen molar-refractivity contribution in [3.63, 3.8) is 0 Å². The number of rotatable bonds is 2. The monoisotopic (exact) mass is 140 g/mol. The van der Waals surface area contributed by atoms with Crippen molar-refractivity contribution < 1.29 is 4.74 Å². The molecule has 0 atom stereocenters. The summed E-state index contributed by atoms with van der Waals surface area (Å²) in [5, 5.41) is 0. The summed E-state index contributed by atoms with van der Waals surface area (Å²) in [5.41, 5.74) is 1.62. The van der Waals surface area contributed by atoms with Gasteiger partial charge in [-0.25, -0.2) is 0 Å². The second-order valence-electron chi connectivity index (χ2n) is 3.73. The highest BCUT2D eigenvalue weighted by Crippen LogP contribution is 2.37. The van der Waals surface area contributed by atoms with Gasteiger partial charge in [0.15, 0.2) is 0 Å². The normalized spacial score (nSPS) is 22.4. The number of ether oxygens (including phenoxy) is 1. The highest BCUT2D eigenvalue weighted by atomic mass is 16.5. The molecule has 0 amide bonds. The van der Waals surface area contributed by atoms with Crippen molar-refractivity contribution in [2.24, 2.45) is 11.3 Å². The summed E-state index contributed by atoms with van der Waals surface area (Å²) < 4.78 is 5.15. The smallest absolute Gasteiger partial charge is 0.0579 e. The lowest BCUT2D eigenvalue weighted by molar-refractivity contribution is -0.0815. The molecule has 0 aromatic rings. The molecule has 1 fully saturated rings. The summed E-state index contributed by atoms with van der Waals surface area (Å²) in [7, 11) is 0. The van der Waals surface area contributed by atoms with Crippen LogP contribution in [0.15, 0.2) is 12.2 Å². The molecule has 1 heteroatoms. The van der Waals surface area contributed by atoms with Crippen LogP contribution in [0.25, 0.3) is 0 Å². The summed E-state index contributed by atoms with van der Waals surface area (Å²) in [4.78, 5) is 0. The fraction of sp³-hybridized carbons (Fsp3) is 0.778. The first-order chi connectivity index (χ1) is 4.56. The Morgan fingerprint density at radius 2 is 2.00 bits per heavy atom. The molecule has 1 saturated heterocycles. The van der Waals surface area contributed by atoms with E-state index < -0.39 is 0 Å². The molecule has 0 radical (unpaired) electrons. The van der Waals surface area contributed by atoms with Crippen molar-refractivity contribution in [1.82, 2.24) is 0 Å². The predicted molar refractivity (Wildman–Crippen MR) is 42.9 cm³/mol. The summed E-state index contributed by atoms with van der Waals surface area (Å²) in [6.45, 7) is 12.4. The molecule has 0 aliphatic carbocycles. The average Bonchev–Trinajstić information content (AvgIpc) is 1.81. The largest absolute Gasteiger partial charge is 0.379 e. The van der Waals surface area contributed by atoms with Crippen LogP contribution in [0, 0.1) is 11.3 Å². The Kier molecular flexibility index (Phi) is 1.86. The first kappa shape index (κ1) is 7.80. The zero-order valence-corrected chi connectivity index (χ0v) is 7.11. The Morgan fingerprint density at radius 3 is 2.10 bits per heavy atom. The quantitative estimate of drug-likeness (QED) is 0.534. The SMILES string of the molecule is C=C(C(C)C)C1(C)COC1. The van der Waals surface area contributed by atoms with Crippen LogP contribution in [0.4, 0.5) is 0 Å². The maximum atomic E-state index is 5.15. The lowest BCUT2D eigenvalue weighted by Crippen LogP contribution is -2.42. The van der Waals surface area contributed by atoms with Crippen LogP contribution in [0.2, 0.25) is 0 Å². The zero-order chi connectivity index (χ0) is 7.78. The Morgan fingerprint density at radius 1 is 1.50 bits per heavy atom. The van der Waals surface area contributed by atoms with Gasteiger partial charge in [0.25, 0.3) is 0 Å². The summed E-state index contributed by atoms with van der Waals surface area (Å²) in [6.07, 6.45) is 0. The topological polar surface area (TPSA) is 9.23 Å². The van der Waals surface area contributed by atoms with E-state index in [0.717, 1.165) is 13.2 Å². The van der Waals surface area contributed by atoms with Gasteiger partial charge in [-0.2, -0.15) is 0 Å². The third kappa shape index (κ3) is 1.10. The van der Waals surface area contributed by atoms with Crippen LogP contribution >= 0.6 is 0 Å². The van der Waals surface area contributed by atoms with Crippen LogP contribution in [0.5, 0.6) is 0 Å². The van der Waals surface area contributed by atoms with E-state index in [1.165, 1.54) is 5.57 Å². The van der Waals surface area contributed by atoms with E-state index in [1.54, 1.807) is 0 Å². The molecular weight excluding hydrogens is 124 g/mol. The van der Waals surface area contributed by atoms with Crippen molar-refractivity contribution in [2.45, 2.75) is 20.8 Å². The highest BCUT2D eigenvalue weighted by Gasteiger charge is 2.36. The standard InChI is InChI=1S/C9H16O/c1-7(2)8(3)9(4)5-10-6-9/h7H,3,5-6H2,1-2,4H3. The maximum absolute atomic E-state index is 5.15. The molecule has 0 aromatic heterocycles. The van der Waals surface area contributed by atoms with Crippen molar-refractivity contribution >= 4 is 0 Å². The molecule has 0 aromatic carbocycles. The van der Waals surface area contributed by atoms with Gasteiger partial charge in [0.05, 0.1) is 13.2 Å². The fourth-order valence-corrected chi connectivity index (χ4v) is 1.29. The van der Waals surface area contributed by atoms with E-state index in [4.69, 9.17) is 4.74 Å². The molecule has 1 aliphatic heterocycles. The van der Waals surface area contributed by atoms with Crippen LogP contribution in [-0.2, 0) is 4.74 Å². The van der Waals surface area contributed by atoms with Gasteiger partial charge in [-0.3, -0.25) is 0 Å². The van der Waals surface area contributed by atoms with E-state index >= 15 is 0 Å². The molecule has 1 aliphatic rings. The van der Waals surface area contributed by atoms with E-state index in [-0.39, 0.29) is 5.41 Å². The summed E-state index contributed by atoms with van der Waals surface area (Å²) in [5.74, 6) is 0.592. The predicted octanol–water partition coefficient (Wildman–Crippen LogP) is 2.24. The second kappa shape index (κ2) is 2.39. The first-order valence-electron chi connectivity index (χ1n) is 3.83. The van der Waals surface area contributed by atoms with Gasteiger partial charge < -0.3 is 4.74 Å². The van der Waals surface area contributed by atoms with Gasteiger partial charge in [0, 0.05) is 5.41 Å². The molecule has 0 saturated carbocycles. The lowest BCUT2D eigenvalue weighted by Gasteiger charge is -2.41. The Balaban J connectivity index is 2.55. The van der Waals surface area contributed by atoms with Crippen molar-refractivity contribution in [1.29, 1.82) is 0 Å². The Bertz CT molecular complexity index is 143. The van der Waals surface area contributed by atoms with Gasteiger partial charge in [-0.15, -0.1) is 0 Å². The summed E-state index contributed by atoms with van der Waals surface area (Å²) in [6, 6.07) is 0. The number of hydrogen-bond donors (Lipinski definition) is 0. The van der Waals surface area contributed by atoms with Gasteiger partial charge in [0.2, 0.25) is 0 Å². The molecular formula is C9H16O. The molecule has 0 bridgehead atoms. The minimum Gasteiger partial charge on any atom is -0.379 e. The molecule has 10 heavy (non-hydrogen) atoms. The third-order valence-electron chi connectivity index (χ3n) is 2.31. The molecule has 1 heterocycles. The van der Waals surface area contributed by atoms with E-state index in [9.17, 15) is 0 Å². The Hall–Kier alpha value is -0.300. The maximum Gasteiger partial charge on any atom is 0.0579 e. The molecule has 1 nitrogen and oxygen atoms in total. The Labute approximate surface area is 63.1 Å². The average molecular weight is 140 g/mol.